The van der Waals surface area contributed by atoms with Gasteiger partial charge in [0, 0.05) is 68.9 Å². The molecule has 2 aliphatic heterocycles. The minimum atomic E-state index is -0.654. The Kier molecular flexibility index (Phi) is 4.50. The molecule has 2 N–H and O–H groups in total. The predicted octanol–water partition coefficient (Wildman–Crippen LogP) is 1.94. The van der Waals surface area contributed by atoms with E-state index in [0.717, 1.165) is 31.7 Å². The van der Waals surface area contributed by atoms with Gasteiger partial charge in [-0.05, 0) is 18.6 Å². The number of methoxy groups -OCH3 is 1. The number of H-pyrrole nitrogens is 1. The third kappa shape index (κ3) is 2.82. The molecule has 2 atom stereocenters. The fraction of sp³-hybridized carbons (Fsp3) is 0.550. The lowest BCUT2D eigenvalue weighted by molar-refractivity contribution is -0.149. The van der Waals surface area contributed by atoms with Crippen LogP contribution in [0.4, 0.5) is 0 Å². The third-order valence-corrected chi connectivity index (χ3v) is 6.24. The van der Waals surface area contributed by atoms with E-state index in [9.17, 15) is 9.90 Å². The molecule has 1 aromatic carbocycles. The van der Waals surface area contributed by atoms with Crippen LogP contribution in [0.3, 0.4) is 0 Å². The fourth-order valence-electron chi connectivity index (χ4n) is 4.81. The van der Waals surface area contributed by atoms with Gasteiger partial charge in [-0.15, -0.1) is 0 Å². The summed E-state index contributed by atoms with van der Waals surface area (Å²) in [6.45, 7) is 7.31. The molecule has 6 heteroatoms. The van der Waals surface area contributed by atoms with E-state index in [-0.39, 0.29) is 5.92 Å². The molecule has 4 rings (SSSR count). The molecule has 0 bridgehead atoms. The molecule has 0 amide bonds. The van der Waals surface area contributed by atoms with E-state index >= 15 is 0 Å². The van der Waals surface area contributed by atoms with Crippen molar-refractivity contribution in [3.8, 4) is 0 Å². The minimum absolute atomic E-state index is 0.182. The Bertz CT molecular complexity index is 818. The molecule has 2 saturated heterocycles. The molecule has 1 aromatic heterocycles. The van der Waals surface area contributed by atoms with Gasteiger partial charge in [-0.2, -0.15) is 0 Å². The summed E-state index contributed by atoms with van der Waals surface area (Å²) in [4.78, 5) is 20.2. The maximum Gasteiger partial charge on any atom is 0.312 e. The maximum atomic E-state index is 12.1. The summed E-state index contributed by atoms with van der Waals surface area (Å²) in [6, 6.07) is 8.32. The number of aromatic nitrogens is 1. The van der Waals surface area contributed by atoms with Gasteiger partial charge in [-0.1, -0.05) is 18.2 Å². The van der Waals surface area contributed by atoms with Gasteiger partial charge in [-0.3, -0.25) is 14.6 Å². The molecular formula is C20H27N3O3. The predicted molar refractivity (Wildman–Crippen MR) is 100 cm³/mol. The van der Waals surface area contributed by atoms with E-state index in [1.807, 2.05) is 6.07 Å². The first-order valence-electron chi connectivity index (χ1n) is 9.27. The van der Waals surface area contributed by atoms with Gasteiger partial charge < -0.3 is 14.8 Å². The number of hydrogen-bond acceptors (Lipinski definition) is 4. The first kappa shape index (κ1) is 17.5. The van der Waals surface area contributed by atoms with Crippen molar-refractivity contribution in [2.75, 3.05) is 46.4 Å². The molecular weight excluding hydrogens is 330 g/mol. The molecule has 2 aromatic rings. The second-order valence-corrected chi connectivity index (χ2v) is 7.83. The van der Waals surface area contributed by atoms with E-state index in [0.29, 0.717) is 19.7 Å². The lowest BCUT2D eigenvalue weighted by Crippen LogP contribution is -2.41. The molecule has 26 heavy (non-hydrogen) atoms. The number of hydrogen-bond donors (Lipinski definition) is 2. The van der Waals surface area contributed by atoms with E-state index in [1.165, 1.54) is 16.6 Å². The molecule has 0 saturated carbocycles. The molecule has 0 unspecified atom stereocenters. The second-order valence-electron chi connectivity index (χ2n) is 7.83. The lowest BCUT2D eigenvalue weighted by atomic mass is 9.81. The number of likely N-dealkylation sites (tertiary alicyclic amines) is 2. The Balaban J connectivity index is 1.50. The van der Waals surface area contributed by atoms with Gasteiger partial charge in [0.15, 0.2) is 0 Å². The highest BCUT2D eigenvalue weighted by atomic mass is 16.5. The largest absolute Gasteiger partial charge is 0.481 e. The van der Waals surface area contributed by atoms with E-state index in [2.05, 4.69) is 39.9 Å². The van der Waals surface area contributed by atoms with Crippen LogP contribution < -0.4 is 0 Å². The highest BCUT2D eigenvalue weighted by Gasteiger charge is 2.57. The van der Waals surface area contributed by atoms with Gasteiger partial charge in [0.1, 0.15) is 0 Å². The van der Waals surface area contributed by atoms with Crippen molar-refractivity contribution >= 4 is 16.9 Å². The van der Waals surface area contributed by atoms with Crippen molar-refractivity contribution in [1.82, 2.24) is 14.8 Å². The van der Waals surface area contributed by atoms with Crippen LogP contribution in [0.25, 0.3) is 10.9 Å². The summed E-state index contributed by atoms with van der Waals surface area (Å²) < 4.78 is 5.16. The number of aliphatic carboxylic acids is 1. The van der Waals surface area contributed by atoms with Gasteiger partial charge >= 0.3 is 5.97 Å². The number of fused-ring (bicyclic) bond motifs is 2. The summed E-state index contributed by atoms with van der Waals surface area (Å²) in [5.74, 6) is -0.472. The van der Waals surface area contributed by atoms with Crippen molar-refractivity contribution in [3.63, 3.8) is 0 Å². The molecule has 2 fully saturated rings. The molecule has 3 heterocycles. The molecule has 140 valence electrons. The third-order valence-electron chi connectivity index (χ3n) is 6.24. The zero-order valence-electron chi connectivity index (χ0n) is 15.5. The van der Waals surface area contributed by atoms with Gasteiger partial charge in [-0.25, -0.2) is 0 Å². The van der Waals surface area contributed by atoms with Crippen molar-refractivity contribution in [2.45, 2.75) is 13.5 Å². The van der Waals surface area contributed by atoms with Crippen LogP contribution in [-0.2, 0) is 16.1 Å². The number of nitrogens with zero attached hydrogens (tertiary/aromatic N) is 2. The van der Waals surface area contributed by atoms with Crippen molar-refractivity contribution < 1.29 is 14.6 Å². The molecule has 2 aliphatic rings. The maximum absolute atomic E-state index is 12.1. The summed E-state index contributed by atoms with van der Waals surface area (Å²) in [5.41, 5.74) is 2.97. The number of carbonyl (C=O) groups is 1. The number of carboxylic acids is 1. The smallest absolute Gasteiger partial charge is 0.312 e. The zero-order valence-corrected chi connectivity index (χ0v) is 15.5. The Labute approximate surface area is 153 Å². The summed E-state index contributed by atoms with van der Waals surface area (Å²) in [7, 11) is 1.69. The number of benzene rings is 1. The normalized spacial score (nSPS) is 26.6. The Hall–Kier alpha value is -1.89. The number of carboxylic acid groups (broad SMARTS) is 1. The number of aryl methyl sites for hydroxylation is 1. The average Bonchev–Trinajstić information content (AvgIpc) is 3.23. The van der Waals surface area contributed by atoms with Crippen LogP contribution in [0.15, 0.2) is 24.3 Å². The number of para-hydroxylation sites is 1. The SMILES string of the molecule is COCCN1C[C@@H]2CN(Cc3[nH]c4ccccc4c3C)C[C@]2(C(=O)O)C1. The van der Waals surface area contributed by atoms with Crippen LogP contribution >= 0.6 is 0 Å². The quantitative estimate of drug-likeness (QED) is 0.827. The highest BCUT2D eigenvalue weighted by Crippen LogP contribution is 2.43. The molecule has 0 aliphatic carbocycles. The fourth-order valence-corrected chi connectivity index (χ4v) is 4.81. The van der Waals surface area contributed by atoms with Crippen LogP contribution in [0.5, 0.6) is 0 Å². The number of nitrogens with one attached hydrogen (secondary N) is 1. The minimum Gasteiger partial charge on any atom is -0.481 e. The van der Waals surface area contributed by atoms with E-state index in [4.69, 9.17) is 4.74 Å². The first-order valence-corrected chi connectivity index (χ1v) is 9.27. The van der Waals surface area contributed by atoms with Crippen molar-refractivity contribution in [2.24, 2.45) is 11.3 Å². The lowest BCUT2D eigenvalue weighted by Gasteiger charge is -2.25. The number of aromatic amines is 1. The van der Waals surface area contributed by atoms with Crippen LogP contribution in [0, 0.1) is 18.3 Å². The first-order chi connectivity index (χ1) is 12.5. The van der Waals surface area contributed by atoms with E-state index < -0.39 is 11.4 Å². The molecule has 0 spiro atoms. The Morgan fingerprint density at radius 3 is 2.73 bits per heavy atom. The van der Waals surface area contributed by atoms with Crippen LogP contribution in [0.1, 0.15) is 11.3 Å². The summed E-state index contributed by atoms with van der Waals surface area (Å²) in [6.07, 6.45) is 0. The second kappa shape index (κ2) is 6.68. The highest BCUT2D eigenvalue weighted by molar-refractivity contribution is 5.84. The average molecular weight is 357 g/mol. The molecule has 0 radical (unpaired) electrons. The topological polar surface area (TPSA) is 68.8 Å². The van der Waals surface area contributed by atoms with Crippen LogP contribution in [0.2, 0.25) is 0 Å². The number of rotatable bonds is 6. The summed E-state index contributed by atoms with van der Waals surface area (Å²) >= 11 is 0. The Morgan fingerprint density at radius 2 is 2.04 bits per heavy atom. The summed E-state index contributed by atoms with van der Waals surface area (Å²) in [5, 5.41) is 11.2. The van der Waals surface area contributed by atoms with Gasteiger partial charge in [0.2, 0.25) is 0 Å². The van der Waals surface area contributed by atoms with Crippen molar-refractivity contribution in [3.05, 3.63) is 35.5 Å². The van der Waals surface area contributed by atoms with Gasteiger partial charge in [0.25, 0.3) is 0 Å². The molecule has 6 nitrogen and oxygen atoms in total. The van der Waals surface area contributed by atoms with Crippen molar-refractivity contribution in [1.29, 1.82) is 0 Å². The standard InChI is InChI=1S/C20H27N3O3/c1-14-16-5-3-4-6-17(16)21-18(14)11-23-10-15-9-22(7-8-26-2)12-20(15,13-23)19(24)25/h3-6,15,21H,7-13H2,1-2H3,(H,24,25)/t15-,20-/m1/s1. The van der Waals surface area contributed by atoms with E-state index in [1.54, 1.807) is 7.11 Å². The Morgan fingerprint density at radius 1 is 1.31 bits per heavy atom. The van der Waals surface area contributed by atoms with Gasteiger partial charge in [0.05, 0.1) is 12.0 Å². The monoisotopic (exact) mass is 357 g/mol. The van der Waals surface area contributed by atoms with Crippen LogP contribution in [-0.4, -0.2) is 72.3 Å². The number of ether oxygens (including phenoxy) is 1. The zero-order chi connectivity index (χ0) is 18.3.